The van der Waals surface area contributed by atoms with Gasteiger partial charge in [-0.2, -0.15) is 0 Å². The molecule has 0 amide bonds. The molecule has 0 aromatic heterocycles. The van der Waals surface area contributed by atoms with Crippen LogP contribution in [-0.4, -0.2) is 7.05 Å². The van der Waals surface area contributed by atoms with Gasteiger partial charge in [0.25, 0.3) is 0 Å². The lowest BCUT2D eigenvalue weighted by molar-refractivity contribution is 0.627. The molecule has 0 fully saturated rings. The van der Waals surface area contributed by atoms with Crippen LogP contribution in [0.5, 0.6) is 0 Å². The molecule has 2 nitrogen and oxygen atoms in total. The van der Waals surface area contributed by atoms with Gasteiger partial charge in [0.15, 0.2) is 0 Å². The fourth-order valence-electron chi connectivity index (χ4n) is 1.91. The molecule has 0 heterocycles. The highest BCUT2D eigenvalue weighted by atomic mass is 35.5. The number of benzene rings is 2. The number of nitrogens with two attached hydrogens (primary N) is 1. The molecule has 19 heavy (non-hydrogen) atoms. The summed E-state index contributed by atoms with van der Waals surface area (Å²) in [5, 5.41) is 0.686. The third-order valence-electron chi connectivity index (χ3n) is 3.01. The van der Waals surface area contributed by atoms with E-state index < -0.39 is 0 Å². The second-order valence-corrected chi connectivity index (χ2v) is 4.87. The maximum Gasteiger partial charge on any atom is 0.125 e. The molecular formula is C15H16ClFN2. The van der Waals surface area contributed by atoms with Crippen molar-refractivity contribution >= 4 is 17.3 Å². The fourth-order valence-corrected chi connectivity index (χ4v) is 2.17. The highest BCUT2D eigenvalue weighted by Crippen LogP contribution is 2.22. The van der Waals surface area contributed by atoms with Gasteiger partial charge < -0.3 is 10.6 Å². The van der Waals surface area contributed by atoms with Crippen LogP contribution in [0, 0.1) is 5.82 Å². The first kappa shape index (κ1) is 13.8. The van der Waals surface area contributed by atoms with E-state index in [1.54, 1.807) is 6.07 Å². The molecule has 0 bridgehead atoms. The second-order valence-electron chi connectivity index (χ2n) is 4.47. The van der Waals surface area contributed by atoms with E-state index in [4.69, 9.17) is 17.3 Å². The van der Waals surface area contributed by atoms with Gasteiger partial charge in [-0.05, 0) is 35.4 Å². The summed E-state index contributed by atoms with van der Waals surface area (Å²) in [5.41, 5.74) is 8.38. The van der Waals surface area contributed by atoms with E-state index >= 15 is 0 Å². The van der Waals surface area contributed by atoms with E-state index in [1.807, 2.05) is 36.2 Å². The Kier molecular flexibility index (Phi) is 4.40. The smallest absolute Gasteiger partial charge is 0.125 e. The van der Waals surface area contributed by atoms with Gasteiger partial charge in [0.2, 0.25) is 0 Å². The summed E-state index contributed by atoms with van der Waals surface area (Å²) in [6.45, 7) is 1.09. The van der Waals surface area contributed by atoms with Crippen LogP contribution >= 0.6 is 11.6 Å². The highest BCUT2D eigenvalue weighted by Gasteiger charge is 2.07. The van der Waals surface area contributed by atoms with Gasteiger partial charge in [-0.3, -0.25) is 0 Å². The van der Waals surface area contributed by atoms with E-state index in [1.165, 1.54) is 12.1 Å². The second kappa shape index (κ2) is 6.04. The van der Waals surface area contributed by atoms with E-state index in [9.17, 15) is 4.39 Å². The van der Waals surface area contributed by atoms with Crippen LogP contribution in [0.1, 0.15) is 11.1 Å². The van der Waals surface area contributed by atoms with Crippen molar-refractivity contribution in [3.05, 3.63) is 64.4 Å². The maximum absolute atomic E-state index is 13.2. The lowest BCUT2D eigenvalue weighted by atomic mass is 10.1. The van der Waals surface area contributed by atoms with Gasteiger partial charge in [0.1, 0.15) is 5.82 Å². The molecule has 0 atom stereocenters. The SMILES string of the molecule is CN(Cc1ccc(CN)cc1Cl)c1cccc(F)c1. The predicted octanol–water partition coefficient (Wildman–Crippen LogP) is 3.57. The Morgan fingerprint density at radius 2 is 2.00 bits per heavy atom. The molecule has 2 aromatic rings. The van der Waals surface area contributed by atoms with Crippen LogP contribution in [0.15, 0.2) is 42.5 Å². The molecular weight excluding hydrogens is 263 g/mol. The number of nitrogens with zero attached hydrogens (tertiary/aromatic N) is 1. The summed E-state index contributed by atoms with van der Waals surface area (Å²) in [4.78, 5) is 1.95. The topological polar surface area (TPSA) is 29.3 Å². The molecule has 2 N–H and O–H groups in total. The molecule has 0 aliphatic carbocycles. The Labute approximate surface area is 117 Å². The van der Waals surface area contributed by atoms with Crippen LogP contribution in [0.4, 0.5) is 10.1 Å². The lowest BCUT2D eigenvalue weighted by Gasteiger charge is -2.20. The van der Waals surface area contributed by atoms with Gasteiger partial charge >= 0.3 is 0 Å². The molecule has 0 aliphatic rings. The number of hydrogen-bond acceptors (Lipinski definition) is 2. The van der Waals surface area contributed by atoms with Gasteiger partial charge in [-0.1, -0.05) is 29.8 Å². The number of rotatable bonds is 4. The van der Waals surface area contributed by atoms with Gasteiger partial charge in [0.05, 0.1) is 0 Å². The summed E-state index contributed by atoms with van der Waals surface area (Å²) in [5.74, 6) is -0.242. The van der Waals surface area contributed by atoms with Crippen molar-refractivity contribution in [2.45, 2.75) is 13.1 Å². The first-order valence-electron chi connectivity index (χ1n) is 6.04. The zero-order valence-electron chi connectivity index (χ0n) is 10.7. The number of anilines is 1. The normalized spacial score (nSPS) is 10.5. The van der Waals surface area contributed by atoms with E-state index in [2.05, 4.69) is 0 Å². The zero-order chi connectivity index (χ0) is 13.8. The van der Waals surface area contributed by atoms with E-state index in [0.29, 0.717) is 18.1 Å². The molecule has 2 rings (SSSR count). The average molecular weight is 279 g/mol. The Hall–Kier alpha value is -1.58. The Bertz CT molecular complexity index is 572. The Morgan fingerprint density at radius 3 is 2.63 bits per heavy atom. The first-order valence-corrected chi connectivity index (χ1v) is 6.42. The third kappa shape index (κ3) is 3.46. The van der Waals surface area contributed by atoms with Gasteiger partial charge in [-0.15, -0.1) is 0 Å². The molecule has 0 spiro atoms. The van der Waals surface area contributed by atoms with Crippen LogP contribution < -0.4 is 10.6 Å². The lowest BCUT2D eigenvalue weighted by Crippen LogP contribution is -2.16. The highest BCUT2D eigenvalue weighted by molar-refractivity contribution is 6.31. The average Bonchev–Trinajstić information content (AvgIpc) is 2.41. The Balaban J connectivity index is 2.17. The monoisotopic (exact) mass is 278 g/mol. The van der Waals surface area contributed by atoms with Gasteiger partial charge in [0, 0.05) is 30.8 Å². The van der Waals surface area contributed by atoms with Crippen LogP contribution in [0.3, 0.4) is 0 Å². The van der Waals surface area contributed by atoms with Crippen LogP contribution in [0.2, 0.25) is 5.02 Å². The number of hydrogen-bond donors (Lipinski definition) is 1. The largest absolute Gasteiger partial charge is 0.370 e. The molecule has 0 radical (unpaired) electrons. The van der Waals surface area contributed by atoms with Crippen molar-refractivity contribution in [2.24, 2.45) is 5.73 Å². The number of halogens is 2. The van der Waals surface area contributed by atoms with Crippen molar-refractivity contribution in [1.29, 1.82) is 0 Å². The van der Waals surface area contributed by atoms with Crippen molar-refractivity contribution < 1.29 is 4.39 Å². The zero-order valence-corrected chi connectivity index (χ0v) is 11.5. The minimum atomic E-state index is -0.242. The molecule has 0 saturated heterocycles. The summed E-state index contributed by atoms with van der Waals surface area (Å²) >= 11 is 6.21. The standard InChI is InChI=1S/C15H16ClFN2/c1-19(14-4-2-3-13(17)8-14)10-12-6-5-11(9-18)7-15(12)16/h2-8H,9-10,18H2,1H3. The summed E-state index contributed by atoms with van der Waals surface area (Å²) in [6.07, 6.45) is 0. The van der Waals surface area contributed by atoms with Gasteiger partial charge in [-0.25, -0.2) is 4.39 Å². The summed E-state index contributed by atoms with van der Waals surface area (Å²) in [7, 11) is 1.90. The van der Waals surface area contributed by atoms with Crippen LogP contribution in [-0.2, 0) is 13.1 Å². The molecule has 4 heteroatoms. The fraction of sp³-hybridized carbons (Fsp3) is 0.200. The molecule has 0 unspecified atom stereocenters. The quantitative estimate of drug-likeness (QED) is 0.926. The van der Waals surface area contributed by atoms with Crippen molar-refractivity contribution in [2.75, 3.05) is 11.9 Å². The van der Waals surface area contributed by atoms with E-state index in [0.717, 1.165) is 16.8 Å². The first-order chi connectivity index (χ1) is 9.10. The predicted molar refractivity (Wildman–Crippen MR) is 77.9 cm³/mol. The third-order valence-corrected chi connectivity index (χ3v) is 3.36. The van der Waals surface area contributed by atoms with Crippen LogP contribution in [0.25, 0.3) is 0 Å². The summed E-state index contributed by atoms with van der Waals surface area (Å²) < 4.78 is 13.2. The summed E-state index contributed by atoms with van der Waals surface area (Å²) in [6, 6.07) is 12.3. The minimum absolute atomic E-state index is 0.242. The van der Waals surface area contributed by atoms with Crippen molar-refractivity contribution in [3.8, 4) is 0 Å². The molecule has 2 aromatic carbocycles. The van der Waals surface area contributed by atoms with E-state index in [-0.39, 0.29) is 5.82 Å². The minimum Gasteiger partial charge on any atom is -0.370 e. The maximum atomic E-state index is 13.2. The van der Waals surface area contributed by atoms with Crippen molar-refractivity contribution in [1.82, 2.24) is 0 Å². The van der Waals surface area contributed by atoms with Crippen molar-refractivity contribution in [3.63, 3.8) is 0 Å². The molecule has 100 valence electrons. The molecule has 0 saturated carbocycles. The molecule has 0 aliphatic heterocycles. The Morgan fingerprint density at radius 1 is 1.21 bits per heavy atom.